The lowest BCUT2D eigenvalue weighted by atomic mass is 10.3. The summed E-state index contributed by atoms with van der Waals surface area (Å²) in [5.74, 6) is 0.272. The minimum Gasteiger partial charge on any atom is -0.375 e. The molecule has 2 aromatic rings. The van der Waals surface area contributed by atoms with E-state index in [1.807, 2.05) is 0 Å². The fourth-order valence-electron chi connectivity index (χ4n) is 1.04. The highest BCUT2D eigenvalue weighted by molar-refractivity contribution is 5.44. The van der Waals surface area contributed by atoms with E-state index in [0.29, 0.717) is 18.1 Å². The first-order valence-electron chi connectivity index (χ1n) is 4.07. The topological polar surface area (TPSA) is 66.5 Å². The number of aromatic amines is 1. The van der Waals surface area contributed by atoms with Gasteiger partial charge in [-0.15, -0.1) is 5.10 Å². The maximum atomic E-state index is 13.1. The summed E-state index contributed by atoms with van der Waals surface area (Å²) < 4.78 is 13.1. The highest BCUT2D eigenvalue weighted by atomic mass is 19.1. The van der Waals surface area contributed by atoms with Crippen molar-refractivity contribution in [2.45, 2.75) is 6.54 Å². The fraction of sp³-hybridized carbons (Fsp3) is 0.125. The largest absolute Gasteiger partial charge is 0.375 e. The molecule has 0 atom stereocenters. The van der Waals surface area contributed by atoms with Crippen LogP contribution in [0.15, 0.2) is 24.3 Å². The standard InChI is InChI=1S/C8H8FN5/c9-6-3-1-2-4-7(6)10-5-8-11-13-14-12-8/h1-4,10H,5H2,(H,11,12,13,14). The Kier molecular flexibility index (Phi) is 2.35. The van der Waals surface area contributed by atoms with Crippen LogP contribution in [0, 0.1) is 5.82 Å². The second kappa shape index (κ2) is 3.82. The lowest BCUT2D eigenvalue weighted by Gasteiger charge is -2.03. The van der Waals surface area contributed by atoms with E-state index in [-0.39, 0.29) is 5.82 Å². The van der Waals surface area contributed by atoms with Gasteiger partial charge in [0.2, 0.25) is 0 Å². The van der Waals surface area contributed by atoms with Crippen molar-refractivity contribution < 1.29 is 4.39 Å². The molecular formula is C8H8FN5. The summed E-state index contributed by atoms with van der Waals surface area (Å²) in [5, 5.41) is 15.9. The van der Waals surface area contributed by atoms with Gasteiger partial charge in [-0.25, -0.2) is 9.49 Å². The van der Waals surface area contributed by atoms with Crippen LogP contribution < -0.4 is 5.32 Å². The van der Waals surface area contributed by atoms with Gasteiger partial charge in [-0.05, 0) is 22.6 Å². The molecule has 0 aliphatic carbocycles. The molecule has 2 N–H and O–H groups in total. The van der Waals surface area contributed by atoms with E-state index in [0.717, 1.165) is 0 Å². The monoisotopic (exact) mass is 193 g/mol. The molecule has 72 valence electrons. The first-order chi connectivity index (χ1) is 6.86. The van der Waals surface area contributed by atoms with Gasteiger partial charge in [0.1, 0.15) is 5.82 Å². The highest BCUT2D eigenvalue weighted by Gasteiger charge is 2.00. The number of para-hydroxylation sites is 1. The summed E-state index contributed by atoms with van der Waals surface area (Å²) >= 11 is 0. The summed E-state index contributed by atoms with van der Waals surface area (Å²) in [7, 11) is 0. The third-order valence-electron chi connectivity index (χ3n) is 1.71. The van der Waals surface area contributed by atoms with Crippen molar-refractivity contribution in [1.82, 2.24) is 20.6 Å². The van der Waals surface area contributed by atoms with Crippen molar-refractivity contribution in [2.24, 2.45) is 0 Å². The molecule has 0 spiro atoms. The number of aromatic nitrogens is 4. The van der Waals surface area contributed by atoms with Crippen LogP contribution in [0.2, 0.25) is 0 Å². The molecule has 5 nitrogen and oxygen atoms in total. The lowest BCUT2D eigenvalue weighted by molar-refractivity contribution is 0.630. The van der Waals surface area contributed by atoms with E-state index < -0.39 is 0 Å². The minimum absolute atomic E-state index is 0.292. The number of rotatable bonds is 3. The molecule has 6 heteroatoms. The van der Waals surface area contributed by atoms with Crippen LogP contribution in [0.3, 0.4) is 0 Å². The molecule has 0 bridgehead atoms. The molecule has 1 heterocycles. The maximum absolute atomic E-state index is 13.1. The molecule has 0 radical (unpaired) electrons. The summed E-state index contributed by atoms with van der Waals surface area (Å²) in [5.41, 5.74) is 0.434. The van der Waals surface area contributed by atoms with Gasteiger partial charge < -0.3 is 5.32 Å². The summed E-state index contributed by atoms with van der Waals surface area (Å²) in [6.45, 7) is 0.369. The van der Waals surface area contributed by atoms with Gasteiger partial charge in [0.15, 0.2) is 5.82 Å². The zero-order chi connectivity index (χ0) is 9.80. The van der Waals surface area contributed by atoms with Crippen LogP contribution in [0.25, 0.3) is 0 Å². The van der Waals surface area contributed by atoms with Gasteiger partial charge in [0.25, 0.3) is 0 Å². The molecule has 2 rings (SSSR count). The van der Waals surface area contributed by atoms with Crippen molar-refractivity contribution in [3.05, 3.63) is 35.9 Å². The van der Waals surface area contributed by atoms with Crippen LogP contribution in [0.4, 0.5) is 10.1 Å². The number of anilines is 1. The van der Waals surface area contributed by atoms with Crippen LogP contribution in [-0.4, -0.2) is 20.6 Å². The number of H-pyrrole nitrogens is 1. The zero-order valence-electron chi connectivity index (χ0n) is 7.24. The first-order valence-corrected chi connectivity index (χ1v) is 4.07. The van der Waals surface area contributed by atoms with Crippen molar-refractivity contribution in [3.8, 4) is 0 Å². The minimum atomic E-state index is -0.292. The molecule has 0 amide bonds. The normalized spacial score (nSPS) is 10.1. The van der Waals surface area contributed by atoms with Gasteiger partial charge in [0, 0.05) is 0 Å². The lowest BCUT2D eigenvalue weighted by Crippen LogP contribution is -2.02. The van der Waals surface area contributed by atoms with Crippen LogP contribution >= 0.6 is 0 Å². The Morgan fingerprint density at radius 1 is 1.36 bits per heavy atom. The maximum Gasteiger partial charge on any atom is 0.167 e. The summed E-state index contributed by atoms with van der Waals surface area (Å²) in [6.07, 6.45) is 0. The number of halogens is 1. The number of nitrogens with one attached hydrogen (secondary N) is 2. The number of hydrogen-bond donors (Lipinski definition) is 2. The summed E-state index contributed by atoms with van der Waals surface area (Å²) in [6, 6.07) is 6.43. The van der Waals surface area contributed by atoms with Crippen LogP contribution in [0.1, 0.15) is 5.82 Å². The Bertz CT molecular complexity index is 400. The number of hydrogen-bond acceptors (Lipinski definition) is 4. The molecule has 0 aliphatic heterocycles. The Hall–Kier alpha value is -1.98. The molecule has 0 fully saturated rings. The van der Waals surface area contributed by atoms with Crippen molar-refractivity contribution in [3.63, 3.8) is 0 Å². The smallest absolute Gasteiger partial charge is 0.167 e. The molecule has 0 aliphatic rings. The number of benzene rings is 1. The third kappa shape index (κ3) is 1.85. The van der Waals surface area contributed by atoms with Gasteiger partial charge >= 0.3 is 0 Å². The zero-order valence-corrected chi connectivity index (χ0v) is 7.24. The quantitative estimate of drug-likeness (QED) is 0.761. The predicted octanol–water partition coefficient (Wildman–Crippen LogP) is 0.951. The fourth-order valence-corrected chi connectivity index (χ4v) is 1.04. The predicted molar refractivity (Wildman–Crippen MR) is 47.9 cm³/mol. The Balaban J connectivity index is 2.02. The second-order valence-electron chi connectivity index (χ2n) is 2.68. The molecule has 14 heavy (non-hydrogen) atoms. The van der Waals surface area contributed by atoms with Crippen molar-refractivity contribution in [2.75, 3.05) is 5.32 Å². The van der Waals surface area contributed by atoms with E-state index in [1.54, 1.807) is 18.2 Å². The Morgan fingerprint density at radius 2 is 2.21 bits per heavy atom. The summed E-state index contributed by atoms with van der Waals surface area (Å²) in [4.78, 5) is 0. The Labute approximate surface area is 79.3 Å². The van der Waals surface area contributed by atoms with Gasteiger partial charge in [0.05, 0.1) is 12.2 Å². The average Bonchev–Trinajstić information content (AvgIpc) is 2.69. The van der Waals surface area contributed by atoms with Gasteiger partial charge in [-0.1, -0.05) is 12.1 Å². The van der Waals surface area contributed by atoms with Crippen molar-refractivity contribution in [1.29, 1.82) is 0 Å². The SMILES string of the molecule is Fc1ccccc1NCc1nnn[nH]1. The number of nitrogens with zero attached hydrogens (tertiary/aromatic N) is 3. The van der Waals surface area contributed by atoms with Crippen molar-refractivity contribution >= 4 is 5.69 Å². The molecule has 0 unspecified atom stereocenters. The molecular weight excluding hydrogens is 185 g/mol. The van der Waals surface area contributed by atoms with Gasteiger partial charge in [-0.2, -0.15) is 0 Å². The van der Waals surface area contributed by atoms with E-state index in [1.165, 1.54) is 6.07 Å². The first kappa shape index (κ1) is 8.61. The van der Waals surface area contributed by atoms with E-state index >= 15 is 0 Å². The third-order valence-corrected chi connectivity index (χ3v) is 1.71. The molecule has 1 aromatic heterocycles. The number of tetrazole rings is 1. The van der Waals surface area contributed by atoms with E-state index in [4.69, 9.17) is 0 Å². The van der Waals surface area contributed by atoms with Crippen LogP contribution in [-0.2, 0) is 6.54 Å². The van der Waals surface area contributed by atoms with Gasteiger partial charge in [-0.3, -0.25) is 0 Å². The van der Waals surface area contributed by atoms with E-state index in [9.17, 15) is 4.39 Å². The van der Waals surface area contributed by atoms with Crippen LogP contribution in [0.5, 0.6) is 0 Å². The highest BCUT2D eigenvalue weighted by Crippen LogP contribution is 2.12. The average molecular weight is 193 g/mol. The Morgan fingerprint density at radius 3 is 2.93 bits per heavy atom. The molecule has 1 aromatic carbocycles. The molecule has 0 saturated heterocycles. The van der Waals surface area contributed by atoms with E-state index in [2.05, 4.69) is 25.9 Å². The second-order valence-corrected chi connectivity index (χ2v) is 2.68. The molecule has 0 saturated carbocycles.